The van der Waals surface area contributed by atoms with Crippen LogP contribution >= 0.6 is 0 Å². The average Bonchev–Trinajstić information content (AvgIpc) is 2.90. The van der Waals surface area contributed by atoms with Gasteiger partial charge in [0.2, 0.25) is 0 Å². The molecule has 6 nitrogen and oxygen atoms in total. The van der Waals surface area contributed by atoms with E-state index in [1.807, 2.05) is 0 Å². The molecule has 104 valence electrons. The van der Waals surface area contributed by atoms with Gasteiger partial charge >= 0.3 is 0 Å². The minimum absolute atomic E-state index is 0.318. The van der Waals surface area contributed by atoms with Crippen LogP contribution in [0.1, 0.15) is 12.5 Å². The highest BCUT2D eigenvalue weighted by Crippen LogP contribution is 2.31. The summed E-state index contributed by atoms with van der Waals surface area (Å²) >= 11 is 0. The van der Waals surface area contributed by atoms with Gasteiger partial charge < -0.3 is 19.4 Å². The fourth-order valence-electron chi connectivity index (χ4n) is 2.45. The molecular formula is C14H16N4O2. The van der Waals surface area contributed by atoms with Gasteiger partial charge in [-0.2, -0.15) is 10.2 Å². The number of hydrogen-bond donors (Lipinski definition) is 1. The Morgan fingerprint density at radius 1 is 1.55 bits per heavy atom. The van der Waals surface area contributed by atoms with E-state index in [1.165, 1.54) is 0 Å². The predicted octanol–water partition coefficient (Wildman–Crippen LogP) is 1.51. The zero-order valence-corrected chi connectivity index (χ0v) is 11.5. The molecule has 0 radical (unpaired) electrons. The highest BCUT2D eigenvalue weighted by Gasteiger charge is 2.23. The van der Waals surface area contributed by atoms with Crippen molar-refractivity contribution in [3.8, 4) is 11.8 Å². The number of nitriles is 1. The van der Waals surface area contributed by atoms with Gasteiger partial charge in [-0.05, 0) is 13.0 Å². The molecule has 1 aromatic heterocycles. The van der Waals surface area contributed by atoms with Gasteiger partial charge in [-0.15, -0.1) is 0 Å². The van der Waals surface area contributed by atoms with Crippen LogP contribution in [0, 0.1) is 11.3 Å². The Balaban J connectivity index is 2.08. The number of fused-ring (bicyclic) bond motifs is 1. The second-order valence-electron chi connectivity index (χ2n) is 4.88. The number of piperazine rings is 1. The second-order valence-corrected chi connectivity index (χ2v) is 4.88. The van der Waals surface area contributed by atoms with Crippen molar-refractivity contribution in [2.75, 3.05) is 31.6 Å². The van der Waals surface area contributed by atoms with E-state index < -0.39 is 0 Å². The molecular weight excluding hydrogens is 256 g/mol. The van der Waals surface area contributed by atoms with Crippen molar-refractivity contribution in [3.63, 3.8) is 0 Å². The molecule has 0 saturated carbocycles. The van der Waals surface area contributed by atoms with Crippen molar-refractivity contribution in [1.29, 1.82) is 5.26 Å². The first kappa shape index (κ1) is 12.8. The third kappa shape index (κ3) is 2.06. The number of hydrogen-bond acceptors (Lipinski definition) is 6. The fourth-order valence-corrected chi connectivity index (χ4v) is 2.45. The lowest BCUT2D eigenvalue weighted by molar-refractivity contribution is 0.406. The summed E-state index contributed by atoms with van der Waals surface area (Å²) in [5.74, 6) is 0.542. The first-order valence-corrected chi connectivity index (χ1v) is 6.59. The standard InChI is InChI=1S/C14H16N4O2/c1-9-8-16-3-4-18(9)14-17-11-5-10(7-15)6-12(19-2)13(11)20-14/h5-6,9,16H,3-4,8H2,1-2H3. The molecule has 0 amide bonds. The molecule has 1 N–H and O–H groups in total. The molecule has 2 aromatic rings. The van der Waals surface area contributed by atoms with Gasteiger partial charge in [0.1, 0.15) is 5.52 Å². The molecule has 1 aromatic carbocycles. The zero-order valence-electron chi connectivity index (χ0n) is 11.5. The number of aromatic nitrogens is 1. The van der Waals surface area contributed by atoms with Crippen LogP contribution in [-0.4, -0.2) is 37.8 Å². The highest BCUT2D eigenvalue weighted by molar-refractivity contribution is 5.82. The number of methoxy groups -OCH3 is 1. The van der Waals surface area contributed by atoms with Crippen molar-refractivity contribution in [2.24, 2.45) is 0 Å². The first-order chi connectivity index (χ1) is 9.72. The largest absolute Gasteiger partial charge is 0.493 e. The summed E-state index contributed by atoms with van der Waals surface area (Å²) in [4.78, 5) is 6.63. The fraction of sp³-hybridized carbons (Fsp3) is 0.429. The molecule has 0 spiro atoms. The number of anilines is 1. The van der Waals surface area contributed by atoms with Crippen LogP contribution in [-0.2, 0) is 0 Å². The van der Waals surface area contributed by atoms with Gasteiger partial charge in [-0.1, -0.05) is 0 Å². The van der Waals surface area contributed by atoms with E-state index in [2.05, 4.69) is 28.2 Å². The van der Waals surface area contributed by atoms with Crippen molar-refractivity contribution < 1.29 is 9.15 Å². The van der Waals surface area contributed by atoms with Crippen LogP contribution in [0.5, 0.6) is 5.75 Å². The van der Waals surface area contributed by atoms with Gasteiger partial charge in [0.15, 0.2) is 11.3 Å². The smallest absolute Gasteiger partial charge is 0.298 e. The molecule has 0 bridgehead atoms. The molecule has 1 atom stereocenters. The van der Waals surface area contributed by atoms with E-state index in [0.29, 0.717) is 34.5 Å². The maximum Gasteiger partial charge on any atom is 0.298 e. The molecule has 1 aliphatic rings. The molecule has 1 unspecified atom stereocenters. The van der Waals surface area contributed by atoms with Gasteiger partial charge in [-0.3, -0.25) is 0 Å². The van der Waals surface area contributed by atoms with E-state index >= 15 is 0 Å². The van der Waals surface area contributed by atoms with Crippen LogP contribution in [0.25, 0.3) is 11.1 Å². The van der Waals surface area contributed by atoms with E-state index in [4.69, 9.17) is 14.4 Å². The number of nitrogens with zero attached hydrogens (tertiary/aromatic N) is 3. The van der Waals surface area contributed by atoms with Crippen molar-refractivity contribution in [1.82, 2.24) is 10.3 Å². The van der Waals surface area contributed by atoms with E-state index in [0.717, 1.165) is 19.6 Å². The molecule has 1 aliphatic heterocycles. The molecule has 6 heteroatoms. The molecule has 1 saturated heterocycles. The molecule has 20 heavy (non-hydrogen) atoms. The topological polar surface area (TPSA) is 74.3 Å². The number of benzene rings is 1. The van der Waals surface area contributed by atoms with Crippen LogP contribution in [0.15, 0.2) is 16.5 Å². The Bertz CT molecular complexity index is 674. The Labute approximate surface area is 116 Å². The highest BCUT2D eigenvalue weighted by atomic mass is 16.5. The number of nitrogens with one attached hydrogen (secondary N) is 1. The lowest BCUT2D eigenvalue weighted by Gasteiger charge is -2.32. The van der Waals surface area contributed by atoms with Gasteiger partial charge in [0, 0.05) is 31.7 Å². The quantitative estimate of drug-likeness (QED) is 0.893. The molecule has 1 fully saturated rings. The van der Waals surface area contributed by atoms with Gasteiger partial charge in [0.25, 0.3) is 6.01 Å². The molecule has 2 heterocycles. The van der Waals surface area contributed by atoms with Gasteiger partial charge in [-0.25, -0.2) is 0 Å². The Kier molecular flexibility index (Phi) is 3.20. The minimum atomic E-state index is 0.318. The lowest BCUT2D eigenvalue weighted by Crippen LogP contribution is -2.50. The third-order valence-electron chi connectivity index (χ3n) is 3.54. The predicted molar refractivity (Wildman–Crippen MR) is 75.0 cm³/mol. The van der Waals surface area contributed by atoms with Gasteiger partial charge in [0.05, 0.1) is 18.7 Å². The Hall–Kier alpha value is -2.26. The monoisotopic (exact) mass is 272 g/mol. The summed E-state index contributed by atoms with van der Waals surface area (Å²) < 4.78 is 11.1. The summed E-state index contributed by atoms with van der Waals surface area (Å²) in [7, 11) is 1.56. The lowest BCUT2D eigenvalue weighted by atomic mass is 10.2. The van der Waals surface area contributed by atoms with Crippen molar-refractivity contribution >= 4 is 17.1 Å². The normalized spacial score (nSPS) is 19.1. The zero-order chi connectivity index (χ0) is 14.1. The summed E-state index contributed by atoms with van der Waals surface area (Å²) in [6, 6.07) is 6.39. The maximum atomic E-state index is 9.03. The summed E-state index contributed by atoms with van der Waals surface area (Å²) in [6.07, 6.45) is 0. The third-order valence-corrected chi connectivity index (χ3v) is 3.54. The molecule has 0 aliphatic carbocycles. The number of oxazole rings is 1. The summed E-state index contributed by atoms with van der Waals surface area (Å²) in [5, 5.41) is 12.4. The van der Waals surface area contributed by atoms with Crippen LogP contribution < -0.4 is 15.0 Å². The minimum Gasteiger partial charge on any atom is -0.493 e. The molecule has 3 rings (SSSR count). The van der Waals surface area contributed by atoms with Crippen LogP contribution in [0.2, 0.25) is 0 Å². The van der Waals surface area contributed by atoms with E-state index in [1.54, 1.807) is 19.2 Å². The Morgan fingerprint density at radius 3 is 3.10 bits per heavy atom. The van der Waals surface area contributed by atoms with Crippen molar-refractivity contribution in [3.05, 3.63) is 17.7 Å². The number of ether oxygens (including phenoxy) is 1. The first-order valence-electron chi connectivity index (χ1n) is 6.59. The average molecular weight is 272 g/mol. The summed E-state index contributed by atoms with van der Waals surface area (Å²) in [5.41, 5.74) is 1.76. The second kappa shape index (κ2) is 5.02. The summed E-state index contributed by atoms with van der Waals surface area (Å²) in [6.45, 7) is 4.78. The Morgan fingerprint density at radius 2 is 2.40 bits per heavy atom. The van der Waals surface area contributed by atoms with Crippen molar-refractivity contribution in [2.45, 2.75) is 13.0 Å². The number of rotatable bonds is 2. The van der Waals surface area contributed by atoms with Crippen LogP contribution in [0.3, 0.4) is 0 Å². The van der Waals surface area contributed by atoms with Crippen LogP contribution in [0.4, 0.5) is 6.01 Å². The van der Waals surface area contributed by atoms with E-state index in [9.17, 15) is 0 Å². The SMILES string of the molecule is COc1cc(C#N)cc2nc(N3CCNCC3C)oc12. The maximum absolute atomic E-state index is 9.03. The van der Waals surface area contributed by atoms with E-state index in [-0.39, 0.29) is 0 Å².